The fraction of sp³-hybridized carbons (Fsp3) is 0.500. The summed E-state index contributed by atoms with van der Waals surface area (Å²) < 4.78 is 0. The topological polar surface area (TPSA) is 0 Å². The van der Waals surface area contributed by atoms with Gasteiger partial charge in [0.2, 0.25) is 0 Å². The summed E-state index contributed by atoms with van der Waals surface area (Å²) in [4.78, 5) is 0. The predicted octanol–water partition coefficient (Wildman–Crippen LogP) is 1.20. The molecule has 0 aromatic rings. The molecule has 0 aromatic heterocycles. The van der Waals surface area contributed by atoms with Crippen molar-refractivity contribution in [2.75, 3.05) is 5.90 Å². The number of hydrogen-bond donors (Lipinski definition) is 0. The number of rotatable bonds is 0. The van der Waals surface area contributed by atoms with E-state index in [1.807, 2.05) is 0 Å². The summed E-state index contributed by atoms with van der Waals surface area (Å²) in [5.74, 6) is 1.50. The molecule has 0 nitrogen and oxygen atoms in total. The van der Waals surface area contributed by atoms with Crippen molar-refractivity contribution in [1.82, 2.24) is 0 Å². The Balaban J connectivity index is 2.60. The van der Waals surface area contributed by atoms with Crippen LogP contribution in [0.1, 0.15) is 0 Å². The van der Waals surface area contributed by atoms with Gasteiger partial charge in [-0.3, -0.25) is 0 Å². The van der Waals surface area contributed by atoms with Crippen LogP contribution in [0.5, 0.6) is 0 Å². The van der Waals surface area contributed by atoms with Gasteiger partial charge < -0.3 is 0 Å². The van der Waals surface area contributed by atoms with Crippen LogP contribution in [-0.2, 0) is 0 Å². The summed E-state index contributed by atoms with van der Waals surface area (Å²) >= 11 is 0. The molecule has 1 aliphatic heterocycles. The molecule has 1 saturated heterocycles. The van der Waals surface area contributed by atoms with Gasteiger partial charge in [-0.05, 0) is 5.90 Å². The van der Waals surface area contributed by atoms with E-state index in [1.54, 1.807) is 0 Å². The molecule has 24 valence electrons. The molecule has 1 rings (SSSR count). The lowest BCUT2D eigenvalue weighted by Crippen LogP contribution is -1.04. The minimum Gasteiger partial charge on any atom is -0.101 e. The van der Waals surface area contributed by atoms with Crippen molar-refractivity contribution in [2.24, 2.45) is 0 Å². The van der Waals surface area contributed by atoms with E-state index in [0.717, 1.165) is 0 Å². The predicted molar refractivity (Wildman–Crippen MR) is 28.6 cm³/mol. The molecule has 0 spiro atoms. The Kier molecular flexibility index (Phi) is 0.623. The van der Waals surface area contributed by atoms with Gasteiger partial charge in [-0.1, -0.05) is 14.6 Å². The second kappa shape index (κ2) is 0.847. The molecule has 0 N–H and O–H groups in total. The summed E-state index contributed by atoms with van der Waals surface area (Å²) in [6.07, 6.45) is 3.86. The molecule has 2 atom stereocenters. The summed E-state index contributed by atoms with van der Waals surface area (Å²) in [6, 6.07) is 0. The van der Waals surface area contributed by atoms with Gasteiger partial charge in [0, 0.05) is 0 Å². The van der Waals surface area contributed by atoms with E-state index in [-0.39, 0.29) is 7.23 Å². The Bertz CT molecular complexity index is 42.0. The van der Waals surface area contributed by atoms with Crippen LogP contribution >= 0.6 is 15.5 Å². The van der Waals surface area contributed by atoms with Crippen molar-refractivity contribution >= 4 is 21.8 Å². The molecule has 1 aliphatic rings. The lowest BCUT2D eigenvalue weighted by atomic mass is 11.9. The molecule has 0 saturated carbocycles. The minimum absolute atomic E-state index is 0.148. The van der Waals surface area contributed by atoms with Crippen molar-refractivity contribution < 1.29 is 0 Å². The van der Waals surface area contributed by atoms with Crippen molar-refractivity contribution in [3.05, 3.63) is 0 Å². The first-order valence-corrected chi connectivity index (χ1v) is 5.43. The van der Waals surface area contributed by atoms with Gasteiger partial charge in [-0.25, -0.2) is 0 Å². The lowest BCUT2D eigenvalue weighted by molar-refractivity contribution is 2.39. The van der Waals surface area contributed by atoms with Crippen LogP contribution < -0.4 is 0 Å². The molecule has 1 fully saturated rings. The lowest BCUT2D eigenvalue weighted by Gasteiger charge is -1.36. The maximum absolute atomic E-state index is 3.86. The maximum Gasteiger partial charge on any atom is -0.0109 e. The molecule has 0 radical (unpaired) electrons. The van der Waals surface area contributed by atoms with Crippen molar-refractivity contribution in [1.29, 1.82) is 0 Å². The van der Waals surface area contributed by atoms with Gasteiger partial charge in [-0.15, -0.1) is 7.23 Å². The van der Waals surface area contributed by atoms with Gasteiger partial charge in [-0.2, -0.15) is 0 Å². The second-order valence-electron chi connectivity index (χ2n) is 0.957. The summed E-state index contributed by atoms with van der Waals surface area (Å²) in [5.41, 5.74) is 0. The fourth-order valence-corrected chi connectivity index (χ4v) is 1.69. The number of hydrogen-bond acceptors (Lipinski definition) is 0. The summed E-state index contributed by atoms with van der Waals surface area (Å²) in [7, 11) is 1.45. The van der Waals surface area contributed by atoms with Crippen molar-refractivity contribution in [3.63, 3.8) is 0 Å². The highest BCUT2D eigenvalue weighted by Crippen LogP contribution is 2.65. The third kappa shape index (κ3) is 0.587. The first kappa shape index (κ1) is 2.94. The first-order valence-electron chi connectivity index (χ1n) is 1.31. The fourth-order valence-electron chi connectivity index (χ4n) is 0.0625. The van der Waals surface area contributed by atoms with Crippen molar-refractivity contribution in [3.8, 4) is 0 Å². The van der Waals surface area contributed by atoms with E-state index >= 15 is 0 Å². The van der Waals surface area contributed by atoms with Crippen LogP contribution in [0, 0.1) is 0 Å². The van der Waals surface area contributed by atoms with Gasteiger partial charge in [0.1, 0.15) is 0 Å². The van der Waals surface area contributed by atoms with E-state index < -0.39 is 0 Å². The van der Waals surface area contributed by atoms with Gasteiger partial charge in [0.25, 0.3) is 0 Å². The highest BCUT2D eigenvalue weighted by Gasteiger charge is 2.01. The molecule has 4 heavy (non-hydrogen) atoms. The summed E-state index contributed by atoms with van der Waals surface area (Å²) in [6.45, 7) is 0. The van der Waals surface area contributed by atoms with Crippen LogP contribution in [0.3, 0.4) is 0 Å². The molecule has 1 heterocycles. The third-order valence-electron chi connectivity index (χ3n) is 0.427. The van der Waals surface area contributed by atoms with Crippen LogP contribution in [0.15, 0.2) is 0 Å². The van der Waals surface area contributed by atoms with Crippen LogP contribution in [-0.4, -0.2) is 12.2 Å². The van der Waals surface area contributed by atoms with Crippen LogP contribution in [0.2, 0.25) is 0 Å². The Morgan fingerprint density at radius 3 is 2.25 bits per heavy atom. The van der Waals surface area contributed by atoms with Gasteiger partial charge in [0.15, 0.2) is 0 Å². The Labute approximate surface area is 28.7 Å². The molecule has 2 heteroatoms. The van der Waals surface area contributed by atoms with Crippen LogP contribution in [0.25, 0.3) is 0 Å². The zero-order valence-electron chi connectivity index (χ0n) is 2.41. The highest BCUT2D eigenvalue weighted by atomic mass is 32.1. The monoisotopic (exact) mass is 92.0 g/mol. The average Bonchev–Trinajstić information content (AvgIpc) is 1.75. The Morgan fingerprint density at radius 1 is 2.00 bits per heavy atom. The zero-order chi connectivity index (χ0) is 2.99. The smallest absolute Gasteiger partial charge is 0.0109 e. The van der Waals surface area contributed by atoms with Crippen LogP contribution in [0.4, 0.5) is 0 Å². The SMILES string of the molecule is C=[PH]1CP1. The summed E-state index contributed by atoms with van der Waals surface area (Å²) in [5, 5.41) is 0. The normalized spacial score (nSPS) is 45.5. The largest absolute Gasteiger partial charge is 0.101 e. The second-order valence-corrected chi connectivity index (χ2v) is 7.11. The Hall–Kier alpha value is 0.730. The van der Waals surface area contributed by atoms with E-state index in [0.29, 0.717) is 0 Å². The standard InChI is InChI=1S/C2H6P2/c1-4-2-3-4/h3-4H,1-2H2. The molecule has 0 aromatic carbocycles. The van der Waals surface area contributed by atoms with E-state index in [1.165, 1.54) is 14.2 Å². The first-order chi connectivity index (χ1) is 1.89. The van der Waals surface area contributed by atoms with E-state index in [4.69, 9.17) is 0 Å². The maximum atomic E-state index is 3.86. The minimum atomic E-state index is 0.148. The highest BCUT2D eigenvalue weighted by molar-refractivity contribution is 8.35. The average molecular weight is 92.0 g/mol. The van der Waals surface area contributed by atoms with E-state index in [9.17, 15) is 0 Å². The van der Waals surface area contributed by atoms with Crippen molar-refractivity contribution in [2.45, 2.75) is 0 Å². The molecule has 2 unspecified atom stereocenters. The van der Waals surface area contributed by atoms with E-state index in [2.05, 4.69) is 6.30 Å². The van der Waals surface area contributed by atoms with Gasteiger partial charge in [0.05, 0.1) is 0 Å². The Morgan fingerprint density at radius 2 is 2.25 bits per heavy atom. The molecular weight excluding hydrogens is 86.0 g/mol. The molecular formula is C2H6P2. The molecule has 0 aliphatic carbocycles. The molecule has 0 amide bonds. The van der Waals surface area contributed by atoms with Gasteiger partial charge >= 0.3 is 0 Å². The zero-order valence-corrected chi connectivity index (χ0v) is 4.41. The third-order valence-corrected chi connectivity index (χ3v) is 3.84. The quantitative estimate of drug-likeness (QED) is 0.394. The molecule has 0 bridgehead atoms.